The number of Topliss-reactive ketones (excluding diaryl/α,β-unsaturated/α-hetero) is 1. The van der Waals surface area contributed by atoms with Crippen LogP contribution in [0.4, 0.5) is 10.1 Å². The van der Waals surface area contributed by atoms with Gasteiger partial charge in [-0.2, -0.15) is 0 Å². The summed E-state index contributed by atoms with van der Waals surface area (Å²) in [6, 6.07) is 17.9. The highest BCUT2D eigenvalue weighted by Gasteiger charge is 2.47. The van der Waals surface area contributed by atoms with Gasteiger partial charge in [-0.3, -0.25) is 14.5 Å². The van der Waals surface area contributed by atoms with Crippen LogP contribution in [0.1, 0.15) is 48.6 Å². The lowest BCUT2D eigenvalue weighted by molar-refractivity contribution is -0.132. The fourth-order valence-corrected chi connectivity index (χ4v) is 4.24. The molecule has 0 radical (unpaired) electrons. The first-order valence-electron chi connectivity index (χ1n) is 11.7. The van der Waals surface area contributed by atoms with Gasteiger partial charge in [0.2, 0.25) is 0 Å². The van der Waals surface area contributed by atoms with Crippen molar-refractivity contribution in [3.8, 4) is 5.75 Å². The SMILES string of the molecule is CCCOc1cccc(N2C(=O)C(=O)/C(=C(/O)c3ccc(F)c(C)c3)C2c2ccc(CC)cc2)c1. The van der Waals surface area contributed by atoms with Crippen LogP contribution in [0.2, 0.25) is 0 Å². The third kappa shape index (κ3) is 4.69. The van der Waals surface area contributed by atoms with E-state index in [2.05, 4.69) is 0 Å². The summed E-state index contributed by atoms with van der Waals surface area (Å²) >= 11 is 0. The first kappa shape index (κ1) is 24.2. The summed E-state index contributed by atoms with van der Waals surface area (Å²) in [6.45, 7) is 6.14. The number of amides is 1. The van der Waals surface area contributed by atoms with Crippen molar-refractivity contribution in [3.63, 3.8) is 0 Å². The minimum atomic E-state index is -0.854. The molecule has 3 aromatic rings. The van der Waals surface area contributed by atoms with Crippen molar-refractivity contribution in [2.24, 2.45) is 0 Å². The van der Waals surface area contributed by atoms with Crippen molar-refractivity contribution >= 4 is 23.1 Å². The maximum absolute atomic E-state index is 13.9. The van der Waals surface area contributed by atoms with Crippen molar-refractivity contribution in [2.75, 3.05) is 11.5 Å². The number of nitrogens with zero attached hydrogens (tertiary/aromatic N) is 1. The van der Waals surface area contributed by atoms with Crippen LogP contribution in [-0.4, -0.2) is 23.4 Å². The van der Waals surface area contributed by atoms with Crippen LogP contribution in [0.3, 0.4) is 0 Å². The van der Waals surface area contributed by atoms with Crippen molar-refractivity contribution in [3.05, 3.63) is 100 Å². The second-order valence-corrected chi connectivity index (χ2v) is 8.57. The molecule has 0 aliphatic carbocycles. The summed E-state index contributed by atoms with van der Waals surface area (Å²) in [7, 11) is 0. The van der Waals surface area contributed by atoms with Crippen LogP contribution in [-0.2, 0) is 16.0 Å². The summed E-state index contributed by atoms with van der Waals surface area (Å²) in [5, 5.41) is 11.2. The lowest BCUT2D eigenvalue weighted by atomic mass is 9.94. The van der Waals surface area contributed by atoms with E-state index >= 15 is 0 Å². The second-order valence-electron chi connectivity index (χ2n) is 8.57. The highest BCUT2D eigenvalue weighted by molar-refractivity contribution is 6.51. The molecule has 6 heteroatoms. The number of benzene rings is 3. The molecular weight excluding hydrogens is 445 g/mol. The summed E-state index contributed by atoms with van der Waals surface area (Å²) < 4.78 is 19.6. The van der Waals surface area contributed by atoms with Gasteiger partial charge in [-0.05, 0) is 66.8 Å². The number of ether oxygens (including phenoxy) is 1. The molecule has 0 spiro atoms. The highest BCUT2D eigenvalue weighted by Crippen LogP contribution is 2.43. The molecule has 0 aromatic heterocycles. The summed E-state index contributed by atoms with van der Waals surface area (Å²) in [4.78, 5) is 28.0. The van der Waals surface area contributed by atoms with Crippen molar-refractivity contribution in [1.29, 1.82) is 0 Å². The van der Waals surface area contributed by atoms with E-state index in [0.717, 1.165) is 18.4 Å². The number of ketones is 1. The van der Waals surface area contributed by atoms with Gasteiger partial charge in [-0.1, -0.05) is 44.2 Å². The van der Waals surface area contributed by atoms with Crippen molar-refractivity contribution in [1.82, 2.24) is 0 Å². The van der Waals surface area contributed by atoms with Gasteiger partial charge in [0, 0.05) is 17.3 Å². The predicted octanol–water partition coefficient (Wildman–Crippen LogP) is 6.11. The molecule has 3 aromatic carbocycles. The molecule has 1 aliphatic rings. The third-order valence-corrected chi connectivity index (χ3v) is 6.15. The average Bonchev–Trinajstić information content (AvgIpc) is 3.14. The fourth-order valence-electron chi connectivity index (χ4n) is 4.24. The normalized spacial score (nSPS) is 17.1. The quantitative estimate of drug-likeness (QED) is 0.255. The van der Waals surface area contributed by atoms with Crippen molar-refractivity contribution < 1.29 is 23.8 Å². The van der Waals surface area contributed by atoms with E-state index in [-0.39, 0.29) is 16.9 Å². The number of aliphatic hydroxyl groups excluding tert-OH is 1. The van der Waals surface area contributed by atoms with Crippen LogP contribution >= 0.6 is 0 Å². The van der Waals surface area contributed by atoms with E-state index in [1.54, 1.807) is 31.2 Å². The maximum atomic E-state index is 13.9. The zero-order chi connectivity index (χ0) is 25.1. The highest BCUT2D eigenvalue weighted by atomic mass is 19.1. The Morgan fingerprint density at radius 1 is 1.03 bits per heavy atom. The van der Waals surface area contributed by atoms with Gasteiger partial charge in [0.25, 0.3) is 11.7 Å². The molecule has 4 rings (SSSR count). The number of hydrogen-bond donors (Lipinski definition) is 1. The Morgan fingerprint density at radius 3 is 2.43 bits per heavy atom. The molecule has 0 bridgehead atoms. The molecule has 5 nitrogen and oxygen atoms in total. The minimum absolute atomic E-state index is 0.0369. The number of hydrogen-bond acceptors (Lipinski definition) is 4. The molecule has 1 aliphatic heterocycles. The van der Waals surface area contributed by atoms with E-state index in [1.165, 1.54) is 23.1 Å². The molecule has 35 heavy (non-hydrogen) atoms. The van der Waals surface area contributed by atoms with Gasteiger partial charge >= 0.3 is 0 Å². The maximum Gasteiger partial charge on any atom is 0.300 e. The van der Waals surface area contributed by atoms with E-state index in [0.29, 0.717) is 29.2 Å². The molecule has 180 valence electrons. The average molecular weight is 474 g/mol. The van der Waals surface area contributed by atoms with E-state index in [9.17, 15) is 19.1 Å². The lowest BCUT2D eigenvalue weighted by Gasteiger charge is -2.26. The topological polar surface area (TPSA) is 66.8 Å². The Hall–Kier alpha value is -3.93. The van der Waals surface area contributed by atoms with E-state index in [1.807, 2.05) is 38.1 Å². The molecular formula is C29H28FNO4. The van der Waals surface area contributed by atoms with Crippen LogP contribution in [0, 0.1) is 12.7 Å². The van der Waals surface area contributed by atoms with Crippen LogP contribution < -0.4 is 9.64 Å². The summed E-state index contributed by atoms with van der Waals surface area (Å²) in [5.41, 5.74) is 2.84. The number of halogens is 1. The van der Waals surface area contributed by atoms with Gasteiger partial charge in [0.1, 0.15) is 17.3 Å². The number of carbonyl (C=O) groups is 2. The summed E-state index contributed by atoms with van der Waals surface area (Å²) in [6.07, 6.45) is 1.67. The lowest BCUT2D eigenvalue weighted by Crippen LogP contribution is -2.29. The Kier molecular flexibility index (Phi) is 7.01. The molecule has 1 saturated heterocycles. The molecule has 0 saturated carbocycles. The van der Waals surface area contributed by atoms with Gasteiger partial charge < -0.3 is 9.84 Å². The zero-order valence-corrected chi connectivity index (χ0v) is 20.0. The number of anilines is 1. The number of rotatable bonds is 7. The Bertz CT molecular complexity index is 1300. The molecule has 1 N–H and O–H groups in total. The number of aliphatic hydroxyl groups is 1. The van der Waals surface area contributed by atoms with Gasteiger partial charge in [-0.25, -0.2) is 4.39 Å². The van der Waals surface area contributed by atoms with E-state index < -0.39 is 23.5 Å². The number of aryl methyl sites for hydroxylation is 2. The summed E-state index contributed by atoms with van der Waals surface area (Å²) in [5.74, 6) is -1.72. The monoisotopic (exact) mass is 473 g/mol. The Labute approximate surface area is 204 Å². The molecule has 1 heterocycles. The predicted molar refractivity (Wildman–Crippen MR) is 134 cm³/mol. The van der Waals surface area contributed by atoms with Crippen LogP contribution in [0.5, 0.6) is 5.75 Å². The largest absolute Gasteiger partial charge is 0.507 e. The first-order chi connectivity index (χ1) is 16.8. The molecule has 1 fully saturated rings. The van der Waals surface area contributed by atoms with E-state index in [4.69, 9.17) is 4.74 Å². The van der Waals surface area contributed by atoms with Gasteiger partial charge in [0.05, 0.1) is 18.2 Å². The Morgan fingerprint density at radius 2 is 1.77 bits per heavy atom. The Balaban J connectivity index is 1.89. The molecule has 1 amide bonds. The standard InChI is InChI=1S/C29H28FNO4/c1-4-15-35-23-8-6-7-22(17-23)31-26(20-11-9-19(5-2)10-12-20)25(28(33)29(31)34)27(32)21-13-14-24(30)18(3)16-21/h6-14,16-17,26,32H,4-5,15H2,1-3H3/b27-25+. The van der Waals surface area contributed by atoms with Crippen LogP contribution in [0.15, 0.2) is 72.3 Å². The molecule has 1 unspecified atom stereocenters. The number of carbonyl (C=O) groups excluding carboxylic acids is 2. The first-order valence-corrected chi connectivity index (χ1v) is 11.7. The second kappa shape index (κ2) is 10.1. The van der Waals surface area contributed by atoms with Gasteiger partial charge in [0.15, 0.2) is 0 Å². The smallest absolute Gasteiger partial charge is 0.300 e. The minimum Gasteiger partial charge on any atom is -0.507 e. The zero-order valence-electron chi connectivity index (χ0n) is 20.0. The van der Waals surface area contributed by atoms with Crippen LogP contribution in [0.25, 0.3) is 5.76 Å². The third-order valence-electron chi connectivity index (χ3n) is 6.15. The van der Waals surface area contributed by atoms with Crippen molar-refractivity contribution in [2.45, 2.75) is 39.7 Å². The van der Waals surface area contributed by atoms with Gasteiger partial charge in [-0.15, -0.1) is 0 Å². The fraction of sp³-hybridized carbons (Fsp3) is 0.241. The molecule has 1 atom stereocenters.